The van der Waals surface area contributed by atoms with Gasteiger partial charge in [-0.15, -0.1) is 0 Å². The van der Waals surface area contributed by atoms with Crippen molar-refractivity contribution in [2.45, 2.75) is 30.7 Å². The normalized spacial score (nSPS) is 15.0. The summed E-state index contributed by atoms with van der Waals surface area (Å²) in [5.41, 5.74) is 1.99. The van der Waals surface area contributed by atoms with E-state index >= 15 is 0 Å². The van der Waals surface area contributed by atoms with Crippen molar-refractivity contribution in [3.63, 3.8) is 0 Å². The quantitative estimate of drug-likeness (QED) is 0.533. The third-order valence-electron chi connectivity index (χ3n) is 5.89. The van der Waals surface area contributed by atoms with Gasteiger partial charge in [0.25, 0.3) is 11.8 Å². The number of anilines is 1. The second-order valence-corrected chi connectivity index (χ2v) is 10.2. The van der Waals surface area contributed by atoms with Crippen molar-refractivity contribution in [2.24, 2.45) is 0 Å². The second-order valence-electron chi connectivity index (χ2n) is 8.24. The minimum Gasteiger partial charge on any atom is -0.345 e. The maximum atomic E-state index is 12.9. The summed E-state index contributed by atoms with van der Waals surface area (Å²) in [6.45, 7) is 2.94. The maximum absolute atomic E-state index is 12.9. The molecule has 0 spiro atoms. The van der Waals surface area contributed by atoms with Crippen molar-refractivity contribution in [3.05, 3.63) is 95.6 Å². The molecule has 0 aliphatic carbocycles. The molecule has 0 aromatic heterocycles. The SMILES string of the molecule is CC(NC(=O)c1ccccc1NC(=O)c1ccc(S(=O)(=O)N2CCCC2)cc1)c1ccccc1. The van der Waals surface area contributed by atoms with Gasteiger partial charge in [0.1, 0.15) is 0 Å². The maximum Gasteiger partial charge on any atom is 0.255 e. The predicted octanol–water partition coefficient (Wildman–Crippen LogP) is 4.21. The Kier molecular flexibility index (Phi) is 7.09. The van der Waals surface area contributed by atoms with Gasteiger partial charge in [-0.25, -0.2) is 8.42 Å². The van der Waals surface area contributed by atoms with Crippen LogP contribution in [0.2, 0.25) is 0 Å². The van der Waals surface area contributed by atoms with Crippen molar-refractivity contribution >= 4 is 27.5 Å². The predicted molar refractivity (Wildman–Crippen MR) is 131 cm³/mol. The summed E-state index contributed by atoms with van der Waals surface area (Å²) in [6.07, 6.45) is 1.72. The molecule has 3 aromatic carbocycles. The van der Waals surface area contributed by atoms with Gasteiger partial charge in [-0.3, -0.25) is 9.59 Å². The van der Waals surface area contributed by atoms with E-state index in [1.54, 1.807) is 24.3 Å². The zero-order chi connectivity index (χ0) is 24.1. The van der Waals surface area contributed by atoms with Gasteiger partial charge in [-0.2, -0.15) is 4.31 Å². The fourth-order valence-corrected chi connectivity index (χ4v) is 5.46. The molecule has 1 atom stereocenters. The number of amides is 2. The average Bonchev–Trinajstić information content (AvgIpc) is 3.41. The Labute approximate surface area is 199 Å². The molecule has 1 fully saturated rings. The third-order valence-corrected chi connectivity index (χ3v) is 7.80. The van der Waals surface area contributed by atoms with Gasteiger partial charge in [0.2, 0.25) is 10.0 Å². The van der Waals surface area contributed by atoms with E-state index in [4.69, 9.17) is 0 Å². The smallest absolute Gasteiger partial charge is 0.255 e. The van der Waals surface area contributed by atoms with E-state index in [0.717, 1.165) is 18.4 Å². The molecule has 2 amide bonds. The number of rotatable bonds is 7. The zero-order valence-electron chi connectivity index (χ0n) is 18.9. The lowest BCUT2D eigenvalue weighted by Gasteiger charge is -2.17. The van der Waals surface area contributed by atoms with Crippen LogP contribution in [-0.2, 0) is 10.0 Å². The molecule has 2 N–H and O–H groups in total. The van der Waals surface area contributed by atoms with Crippen LogP contribution in [0.5, 0.6) is 0 Å². The number of carbonyl (C=O) groups excluding carboxylic acids is 2. The summed E-state index contributed by atoms with van der Waals surface area (Å²) in [4.78, 5) is 25.9. The molecule has 1 aliphatic heterocycles. The van der Waals surface area contributed by atoms with Gasteiger partial charge in [-0.1, -0.05) is 42.5 Å². The second kappa shape index (κ2) is 10.2. The summed E-state index contributed by atoms with van der Waals surface area (Å²) in [5.74, 6) is -0.735. The molecule has 7 nitrogen and oxygen atoms in total. The van der Waals surface area contributed by atoms with Crippen LogP contribution in [0.25, 0.3) is 0 Å². The number of sulfonamides is 1. The highest BCUT2D eigenvalue weighted by atomic mass is 32.2. The van der Waals surface area contributed by atoms with E-state index in [-0.39, 0.29) is 16.8 Å². The molecule has 176 valence electrons. The first-order valence-electron chi connectivity index (χ1n) is 11.2. The molecular formula is C26H27N3O4S. The van der Waals surface area contributed by atoms with Gasteiger partial charge in [0.05, 0.1) is 22.2 Å². The molecule has 1 saturated heterocycles. The van der Waals surface area contributed by atoms with Gasteiger partial charge < -0.3 is 10.6 Å². The van der Waals surface area contributed by atoms with Gasteiger partial charge in [0.15, 0.2) is 0 Å². The Morgan fingerprint density at radius 2 is 1.44 bits per heavy atom. The summed E-state index contributed by atoms with van der Waals surface area (Å²) >= 11 is 0. The number of para-hydroxylation sites is 1. The lowest BCUT2D eigenvalue weighted by atomic mass is 10.1. The van der Waals surface area contributed by atoms with Crippen LogP contribution in [0.4, 0.5) is 5.69 Å². The van der Waals surface area contributed by atoms with Gasteiger partial charge in [0, 0.05) is 18.7 Å². The minimum absolute atomic E-state index is 0.167. The monoisotopic (exact) mass is 477 g/mol. The van der Waals surface area contributed by atoms with Crippen LogP contribution < -0.4 is 10.6 Å². The minimum atomic E-state index is -3.54. The van der Waals surface area contributed by atoms with Crippen LogP contribution in [0.3, 0.4) is 0 Å². The number of carbonyl (C=O) groups is 2. The molecule has 8 heteroatoms. The van der Waals surface area contributed by atoms with Crippen LogP contribution in [0.15, 0.2) is 83.8 Å². The first-order valence-corrected chi connectivity index (χ1v) is 12.7. The summed E-state index contributed by atoms with van der Waals surface area (Å²) in [7, 11) is -3.54. The lowest BCUT2D eigenvalue weighted by Crippen LogP contribution is -2.28. The molecule has 0 bridgehead atoms. The summed E-state index contributed by atoms with van der Waals surface area (Å²) in [6, 6.07) is 22.0. The van der Waals surface area contributed by atoms with Crippen molar-refractivity contribution < 1.29 is 18.0 Å². The van der Waals surface area contributed by atoms with E-state index in [9.17, 15) is 18.0 Å². The first kappa shape index (κ1) is 23.7. The highest BCUT2D eigenvalue weighted by Gasteiger charge is 2.27. The summed E-state index contributed by atoms with van der Waals surface area (Å²) < 4.78 is 26.9. The van der Waals surface area contributed by atoms with E-state index in [1.165, 1.54) is 28.6 Å². The Bertz CT molecular complexity index is 1270. The number of hydrogen-bond acceptors (Lipinski definition) is 4. The Morgan fingerprint density at radius 3 is 2.12 bits per heavy atom. The zero-order valence-corrected chi connectivity index (χ0v) is 19.7. The fourth-order valence-electron chi connectivity index (χ4n) is 3.94. The standard InChI is InChI=1S/C26H27N3O4S/c1-19(20-9-3-2-4-10-20)27-26(31)23-11-5-6-12-24(23)28-25(30)21-13-15-22(16-14-21)34(32,33)29-17-7-8-18-29/h2-6,9-16,19H,7-8,17-18H2,1H3,(H,27,31)(H,28,30). The van der Waals surface area contributed by atoms with E-state index in [1.807, 2.05) is 37.3 Å². The largest absolute Gasteiger partial charge is 0.345 e. The third kappa shape index (κ3) is 5.18. The van der Waals surface area contributed by atoms with Gasteiger partial charge >= 0.3 is 0 Å². The number of hydrogen-bond donors (Lipinski definition) is 2. The molecule has 3 aromatic rings. The fraction of sp³-hybridized carbons (Fsp3) is 0.231. The Morgan fingerprint density at radius 1 is 0.824 bits per heavy atom. The van der Waals surface area contributed by atoms with Crippen LogP contribution >= 0.6 is 0 Å². The Hall–Kier alpha value is -3.49. The van der Waals surface area contributed by atoms with E-state index in [2.05, 4.69) is 10.6 Å². The van der Waals surface area contributed by atoms with E-state index < -0.39 is 15.9 Å². The first-order chi connectivity index (χ1) is 16.4. The molecule has 1 aliphatic rings. The highest BCUT2D eigenvalue weighted by Crippen LogP contribution is 2.22. The molecule has 0 saturated carbocycles. The highest BCUT2D eigenvalue weighted by molar-refractivity contribution is 7.89. The average molecular weight is 478 g/mol. The number of nitrogens with zero attached hydrogens (tertiary/aromatic N) is 1. The molecule has 0 radical (unpaired) electrons. The summed E-state index contributed by atoms with van der Waals surface area (Å²) in [5, 5.41) is 5.73. The van der Waals surface area contributed by atoms with Crippen molar-refractivity contribution in [3.8, 4) is 0 Å². The Balaban J connectivity index is 1.47. The van der Waals surface area contributed by atoms with Crippen molar-refractivity contribution in [2.75, 3.05) is 18.4 Å². The number of benzene rings is 3. The molecular weight excluding hydrogens is 450 g/mol. The lowest BCUT2D eigenvalue weighted by molar-refractivity contribution is 0.0940. The number of nitrogens with one attached hydrogen (secondary N) is 2. The molecule has 4 rings (SSSR count). The van der Waals surface area contributed by atoms with Crippen molar-refractivity contribution in [1.29, 1.82) is 0 Å². The van der Waals surface area contributed by atoms with E-state index in [0.29, 0.717) is 29.9 Å². The van der Waals surface area contributed by atoms with Crippen LogP contribution in [-0.4, -0.2) is 37.6 Å². The van der Waals surface area contributed by atoms with Crippen LogP contribution in [0, 0.1) is 0 Å². The van der Waals surface area contributed by atoms with Gasteiger partial charge in [-0.05, 0) is 61.7 Å². The van der Waals surface area contributed by atoms with Crippen molar-refractivity contribution in [1.82, 2.24) is 9.62 Å². The molecule has 34 heavy (non-hydrogen) atoms. The molecule has 1 heterocycles. The topological polar surface area (TPSA) is 95.6 Å². The molecule has 1 unspecified atom stereocenters. The van der Waals surface area contributed by atoms with Crippen LogP contribution in [0.1, 0.15) is 52.1 Å².